The maximum Gasteiger partial charge on any atom is 0.282 e. The van der Waals surface area contributed by atoms with Crippen LogP contribution < -0.4 is 5.56 Å². The van der Waals surface area contributed by atoms with Crippen LogP contribution in [0.1, 0.15) is 11.1 Å². The zero-order chi connectivity index (χ0) is 14.1. The molecule has 0 amide bonds. The molecular weight excluding hydrogens is 272 g/mol. The third-order valence-corrected chi connectivity index (χ3v) is 3.40. The predicted octanol–water partition coefficient (Wildman–Crippen LogP) is 2.21. The molecular formula is C14H12N4OS. The Morgan fingerprint density at radius 3 is 2.65 bits per heavy atom. The van der Waals surface area contributed by atoms with Crippen molar-refractivity contribution in [1.82, 2.24) is 19.5 Å². The third-order valence-electron chi connectivity index (χ3n) is 3.08. The Bertz CT molecular complexity index is 880. The van der Waals surface area contributed by atoms with E-state index < -0.39 is 0 Å². The van der Waals surface area contributed by atoms with Gasteiger partial charge in [0.05, 0.1) is 6.54 Å². The van der Waals surface area contributed by atoms with Crippen LogP contribution in [-0.2, 0) is 6.54 Å². The fraction of sp³-hybridized carbons (Fsp3) is 0.143. The van der Waals surface area contributed by atoms with Crippen LogP contribution in [0.5, 0.6) is 0 Å². The second-order valence-corrected chi connectivity index (χ2v) is 4.95. The standard InChI is InChI=1S/C14H12N4OS/c1-9-2-4-10(5-3-9)8-18-13(19)11-12(17-14(18)20)16-7-6-15-11/h2-7H,8H2,1H3,(H,16,17,20). The zero-order valence-electron chi connectivity index (χ0n) is 10.8. The van der Waals surface area contributed by atoms with Gasteiger partial charge in [-0.1, -0.05) is 29.8 Å². The molecule has 0 radical (unpaired) electrons. The summed E-state index contributed by atoms with van der Waals surface area (Å²) in [5, 5.41) is 0. The van der Waals surface area contributed by atoms with Crippen molar-refractivity contribution in [2.45, 2.75) is 13.5 Å². The van der Waals surface area contributed by atoms with Gasteiger partial charge in [0.1, 0.15) is 0 Å². The SMILES string of the molecule is Cc1ccc(Cn2c(=S)[nH]c3nccnc3c2=O)cc1. The van der Waals surface area contributed by atoms with Crippen molar-refractivity contribution in [3.63, 3.8) is 0 Å². The minimum absolute atomic E-state index is 0.225. The minimum atomic E-state index is -0.225. The predicted molar refractivity (Wildman–Crippen MR) is 79.3 cm³/mol. The monoisotopic (exact) mass is 284 g/mol. The number of nitrogens with zero attached hydrogens (tertiary/aromatic N) is 3. The first-order valence-corrected chi connectivity index (χ1v) is 6.55. The number of hydrogen-bond donors (Lipinski definition) is 1. The van der Waals surface area contributed by atoms with Gasteiger partial charge in [0.25, 0.3) is 5.56 Å². The molecule has 0 bridgehead atoms. The molecule has 100 valence electrons. The Morgan fingerprint density at radius 2 is 1.90 bits per heavy atom. The molecule has 0 aliphatic heterocycles. The third kappa shape index (κ3) is 2.25. The Hall–Kier alpha value is -2.34. The lowest BCUT2D eigenvalue weighted by Crippen LogP contribution is -2.23. The number of hydrogen-bond acceptors (Lipinski definition) is 4. The molecule has 5 nitrogen and oxygen atoms in total. The summed E-state index contributed by atoms with van der Waals surface area (Å²) in [4.78, 5) is 23.5. The van der Waals surface area contributed by atoms with Crippen molar-refractivity contribution in [1.29, 1.82) is 0 Å². The fourth-order valence-electron chi connectivity index (χ4n) is 1.99. The molecule has 0 saturated carbocycles. The molecule has 0 aliphatic rings. The van der Waals surface area contributed by atoms with Crippen molar-refractivity contribution in [2.24, 2.45) is 0 Å². The fourth-order valence-corrected chi connectivity index (χ4v) is 2.24. The first kappa shape index (κ1) is 12.7. The van der Waals surface area contributed by atoms with E-state index in [0.29, 0.717) is 22.5 Å². The normalized spacial score (nSPS) is 10.8. The summed E-state index contributed by atoms with van der Waals surface area (Å²) in [6.07, 6.45) is 3.02. The van der Waals surface area contributed by atoms with Crippen molar-refractivity contribution in [3.8, 4) is 0 Å². The van der Waals surface area contributed by atoms with E-state index in [-0.39, 0.29) is 5.56 Å². The van der Waals surface area contributed by atoms with E-state index >= 15 is 0 Å². The second-order valence-electron chi connectivity index (χ2n) is 4.56. The molecule has 0 saturated heterocycles. The average molecular weight is 284 g/mol. The number of aromatic nitrogens is 4. The van der Waals surface area contributed by atoms with E-state index in [2.05, 4.69) is 15.0 Å². The number of fused-ring (bicyclic) bond motifs is 1. The van der Waals surface area contributed by atoms with Crippen LogP contribution >= 0.6 is 12.2 Å². The van der Waals surface area contributed by atoms with Crippen LogP contribution in [0.15, 0.2) is 41.5 Å². The molecule has 0 aliphatic carbocycles. The van der Waals surface area contributed by atoms with E-state index in [1.807, 2.05) is 31.2 Å². The lowest BCUT2D eigenvalue weighted by atomic mass is 10.1. The molecule has 1 N–H and O–H groups in total. The van der Waals surface area contributed by atoms with Crippen LogP contribution in [0.2, 0.25) is 0 Å². The van der Waals surface area contributed by atoms with Crippen LogP contribution in [0.4, 0.5) is 0 Å². The van der Waals surface area contributed by atoms with Crippen molar-refractivity contribution in [2.75, 3.05) is 0 Å². The van der Waals surface area contributed by atoms with Gasteiger partial charge in [0.15, 0.2) is 15.9 Å². The molecule has 20 heavy (non-hydrogen) atoms. The highest BCUT2D eigenvalue weighted by Crippen LogP contribution is 2.06. The van der Waals surface area contributed by atoms with Gasteiger partial charge in [-0.15, -0.1) is 0 Å². The summed E-state index contributed by atoms with van der Waals surface area (Å²) in [6, 6.07) is 7.98. The molecule has 0 spiro atoms. The van der Waals surface area contributed by atoms with Gasteiger partial charge in [-0.2, -0.15) is 0 Å². The molecule has 0 fully saturated rings. The molecule has 2 heterocycles. The lowest BCUT2D eigenvalue weighted by molar-refractivity contribution is 0.730. The minimum Gasteiger partial charge on any atom is -0.315 e. The molecule has 3 aromatic rings. The highest BCUT2D eigenvalue weighted by molar-refractivity contribution is 7.71. The quantitative estimate of drug-likeness (QED) is 0.733. The lowest BCUT2D eigenvalue weighted by Gasteiger charge is -2.07. The number of benzene rings is 1. The summed E-state index contributed by atoms with van der Waals surface area (Å²) in [5.41, 5.74) is 2.68. The Morgan fingerprint density at radius 1 is 1.20 bits per heavy atom. The van der Waals surface area contributed by atoms with Crippen LogP contribution in [-0.4, -0.2) is 19.5 Å². The maximum atomic E-state index is 12.4. The summed E-state index contributed by atoms with van der Waals surface area (Å²) in [5.74, 6) is 0. The van der Waals surface area contributed by atoms with Gasteiger partial charge >= 0.3 is 0 Å². The van der Waals surface area contributed by atoms with Gasteiger partial charge in [-0.25, -0.2) is 9.97 Å². The van der Waals surface area contributed by atoms with E-state index in [0.717, 1.165) is 5.56 Å². The first-order valence-electron chi connectivity index (χ1n) is 6.14. The molecule has 3 rings (SSSR count). The van der Waals surface area contributed by atoms with E-state index in [4.69, 9.17) is 12.2 Å². The molecule has 1 aromatic carbocycles. The van der Waals surface area contributed by atoms with Gasteiger partial charge in [-0.05, 0) is 24.7 Å². The summed E-state index contributed by atoms with van der Waals surface area (Å²) >= 11 is 5.23. The summed E-state index contributed by atoms with van der Waals surface area (Å²) < 4.78 is 1.85. The average Bonchev–Trinajstić information content (AvgIpc) is 2.45. The van der Waals surface area contributed by atoms with Gasteiger partial charge in [0, 0.05) is 12.4 Å². The molecule has 2 aromatic heterocycles. The van der Waals surface area contributed by atoms with E-state index in [9.17, 15) is 4.79 Å². The van der Waals surface area contributed by atoms with Crippen LogP contribution in [0.25, 0.3) is 11.2 Å². The number of aryl methyl sites for hydroxylation is 1. The van der Waals surface area contributed by atoms with E-state index in [1.54, 1.807) is 0 Å². The van der Waals surface area contributed by atoms with E-state index in [1.165, 1.54) is 22.5 Å². The maximum absolute atomic E-state index is 12.4. The zero-order valence-corrected chi connectivity index (χ0v) is 11.6. The van der Waals surface area contributed by atoms with Crippen molar-refractivity contribution < 1.29 is 0 Å². The Labute approximate surface area is 120 Å². The highest BCUT2D eigenvalue weighted by Gasteiger charge is 2.07. The van der Waals surface area contributed by atoms with Gasteiger partial charge in [-0.3, -0.25) is 9.36 Å². The smallest absolute Gasteiger partial charge is 0.282 e. The van der Waals surface area contributed by atoms with Gasteiger partial charge in [0.2, 0.25) is 0 Å². The number of rotatable bonds is 2. The molecule has 0 unspecified atom stereocenters. The van der Waals surface area contributed by atoms with Crippen LogP contribution in [0.3, 0.4) is 0 Å². The largest absolute Gasteiger partial charge is 0.315 e. The Balaban J connectivity index is 2.14. The summed E-state index contributed by atoms with van der Waals surface area (Å²) in [6.45, 7) is 2.44. The molecule has 0 atom stereocenters. The second kappa shape index (κ2) is 4.97. The first-order chi connectivity index (χ1) is 9.65. The summed E-state index contributed by atoms with van der Waals surface area (Å²) in [7, 11) is 0. The molecule has 6 heteroatoms. The van der Waals surface area contributed by atoms with Crippen molar-refractivity contribution >= 4 is 23.4 Å². The number of nitrogens with one attached hydrogen (secondary N) is 1. The number of H-pyrrole nitrogens is 1. The van der Waals surface area contributed by atoms with Gasteiger partial charge < -0.3 is 4.98 Å². The van der Waals surface area contributed by atoms with Crippen LogP contribution in [0, 0.1) is 11.7 Å². The van der Waals surface area contributed by atoms with Crippen molar-refractivity contribution in [3.05, 3.63) is 62.9 Å². The highest BCUT2D eigenvalue weighted by atomic mass is 32.1. The topological polar surface area (TPSA) is 63.6 Å². The Kier molecular flexibility index (Phi) is 3.15. The number of aromatic amines is 1.